The van der Waals surface area contributed by atoms with Gasteiger partial charge in [0.2, 0.25) is 0 Å². The molecular formula is C20H14N2O2. The number of amides is 1. The number of carbonyl (C=O) groups excluding carboxylic acids is 2. The quantitative estimate of drug-likeness (QED) is 0.593. The van der Waals surface area contributed by atoms with Crippen LogP contribution in [0.25, 0.3) is 10.9 Å². The van der Waals surface area contributed by atoms with Crippen molar-refractivity contribution >= 4 is 28.3 Å². The van der Waals surface area contributed by atoms with Gasteiger partial charge in [-0.25, -0.2) is 4.98 Å². The molecule has 2 aromatic carbocycles. The van der Waals surface area contributed by atoms with Gasteiger partial charge in [0.1, 0.15) is 5.69 Å². The number of hydrogen-bond acceptors (Lipinski definition) is 3. The molecule has 0 atom stereocenters. The number of aromatic nitrogens is 1. The molecule has 0 aliphatic heterocycles. The van der Waals surface area contributed by atoms with Crippen molar-refractivity contribution in [1.29, 1.82) is 0 Å². The van der Waals surface area contributed by atoms with E-state index in [0.717, 1.165) is 10.9 Å². The molecule has 1 N–H and O–H groups in total. The molecule has 4 nitrogen and oxygen atoms in total. The number of terminal acetylenes is 1. The second kappa shape index (κ2) is 6.35. The molecule has 0 aliphatic carbocycles. The standard InChI is InChI=1S/C20H14N2O2/c1-3-14-8-9-16(13(2)23)12-19(14)22-20(24)18-11-10-15-6-4-5-7-17(15)21-18/h1,4-12H,2H3,(H,22,24). The maximum Gasteiger partial charge on any atom is 0.274 e. The number of pyridine rings is 1. The molecule has 3 aromatic rings. The Labute approximate surface area is 139 Å². The van der Waals surface area contributed by atoms with Crippen molar-refractivity contribution in [2.75, 3.05) is 5.32 Å². The third-order valence-electron chi connectivity index (χ3n) is 3.66. The van der Waals surface area contributed by atoms with Crippen molar-refractivity contribution in [2.24, 2.45) is 0 Å². The average Bonchev–Trinajstić information content (AvgIpc) is 2.61. The summed E-state index contributed by atoms with van der Waals surface area (Å²) in [4.78, 5) is 28.4. The summed E-state index contributed by atoms with van der Waals surface area (Å²) >= 11 is 0. The number of para-hydroxylation sites is 1. The zero-order valence-corrected chi connectivity index (χ0v) is 13.0. The van der Waals surface area contributed by atoms with Gasteiger partial charge in [-0.15, -0.1) is 6.42 Å². The summed E-state index contributed by atoms with van der Waals surface area (Å²) in [5.41, 5.74) is 2.43. The molecule has 0 fully saturated rings. The minimum atomic E-state index is -0.377. The molecule has 1 aromatic heterocycles. The van der Waals surface area contributed by atoms with Crippen LogP contribution in [-0.4, -0.2) is 16.7 Å². The van der Waals surface area contributed by atoms with E-state index < -0.39 is 0 Å². The Bertz CT molecular complexity index is 1000. The summed E-state index contributed by atoms with van der Waals surface area (Å²) in [6.45, 7) is 1.46. The molecule has 1 amide bonds. The number of nitrogens with one attached hydrogen (secondary N) is 1. The lowest BCUT2D eigenvalue weighted by molar-refractivity contribution is 0.100. The van der Waals surface area contributed by atoms with Crippen molar-refractivity contribution in [3.63, 3.8) is 0 Å². The van der Waals surface area contributed by atoms with Gasteiger partial charge in [0.25, 0.3) is 5.91 Å². The van der Waals surface area contributed by atoms with Gasteiger partial charge in [-0.1, -0.05) is 36.3 Å². The molecule has 0 saturated heterocycles. The molecule has 4 heteroatoms. The van der Waals surface area contributed by atoms with E-state index >= 15 is 0 Å². The highest BCUT2D eigenvalue weighted by Crippen LogP contribution is 2.19. The van der Waals surface area contributed by atoms with Crippen LogP contribution in [0.2, 0.25) is 0 Å². The predicted molar refractivity (Wildman–Crippen MR) is 94.1 cm³/mol. The molecule has 0 radical (unpaired) electrons. The first-order valence-corrected chi connectivity index (χ1v) is 7.37. The molecule has 0 aliphatic rings. The molecule has 0 spiro atoms. The Morgan fingerprint density at radius 2 is 1.88 bits per heavy atom. The molecule has 24 heavy (non-hydrogen) atoms. The Morgan fingerprint density at radius 3 is 2.62 bits per heavy atom. The van der Waals surface area contributed by atoms with E-state index in [-0.39, 0.29) is 17.4 Å². The van der Waals surface area contributed by atoms with Crippen LogP contribution in [0.1, 0.15) is 33.3 Å². The van der Waals surface area contributed by atoms with Crippen molar-refractivity contribution in [1.82, 2.24) is 4.98 Å². The molecule has 3 rings (SSSR count). The van der Waals surface area contributed by atoms with Gasteiger partial charge in [0.05, 0.1) is 11.2 Å². The summed E-state index contributed by atoms with van der Waals surface area (Å²) in [5.74, 6) is 2.03. The first-order valence-electron chi connectivity index (χ1n) is 7.37. The number of nitrogens with zero attached hydrogens (tertiary/aromatic N) is 1. The van der Waals surface area contributed by atoms with Crippen LogP contribution < -0.4 is 5.32 Å². The highest BCUT2D eigenvalue weighted by Gasteiger charge is 2.12. The largest absolute Gasteiger partial charge is 0.319 e. The molecule has 116 valence electrons. The number of ketones is 1. The van der Waals surface area contributed by atoms with E-state index in [1.54, 1.807) is 24.3 Å². The van der Waals surface area contributed by atoms with Gasteiger partial charge in [0.15, 0.2) is 5.78 Å². The third kappa shape index (κ3) is 3.01. The van der Waals surface area contributed by atoms with Crippen LogP contribution in [0.15, 0.2) is 54.6 Å². The number of carbonyl (C=O) groups is 2. The summed E-state index contributed by atoms with van der Waals surface area (Å²) in [6, 6.07) is 15.9. The predicted octanol–water partition coefficient (Wildman–Crippen LogP) is 3.67. The average molecular weight is 314 g/mol. The van der Waals surface area contributed by atoms with E-state index in [1.807, 2.05) is 30.3 Å². The zero-order chi connectivity index (χ0) is 17.1. The van der Waals surface area contributed by atoms with E-state index in [9.17, 15) is 9.59 Å². The van der Waals surface area contributed by atoms with E-state index in [1.165, 1.54) is 6.92 Å². The second-order valence-electron chi connectivity index (χ2n) is 5.30. The number of hydrogen-bond donors (Lipinski definition) is 1. The van der Waals surface area contributed by atoms with Crippen LogP contribution in [0.3, 0.4) is 0 Å². The lowest BCUT2D eigenvalue weighted by Crippen LogP contribution is -2.15. The number of Topliss-reactive ketones (excluding diaryl/α,β-unsaturated/α-hetero) is 1. The fourth-order valence-electron chi connectivity index (χ4n) is 2.37. The van der Waals surface area contributed by atoms with Crippen LogP contribution in [-0.2, 0) is 0 Å². The molecule has 0 saturated carbocycles. The van der Waals surface area contributed by atoms with Crippen molar-refractivity contribution in [2.45, 2.75) is 6.92 Å². The lowest BCUT2D eigenvalue weighted by Gasteiger charge is -2.09. The third-order valence-corrected chi connectivity index (χ3v) is 3.66. The highest BCUT2D eigenvalue weighted by atomic mass is 16.2. The van der Waals surface area contributed by atoms with Crippen LogP contribution in [0.5, 0.6) is 0 Å². The number of benzene rings is 2. The summed E-state index contributed by atoms with van der Waals surface area (Å²) < 4.78 is 0. The Balaban J connectivity index is 1.95. The topological polar surface area (TPSA) is 59.1 Å². The van der Waals surface area contributed by atoms with Gasteiger partial charge in [-0.05, 0) is 31.2 Å². The normalized spacial score (nSPS) is 10.2. The van der Waals surface area contributed by atoms with E-state index in [0.29, 0.717) is 16.8 Å². The first kappa shape index (κ1) is 15.4. The van der Waals surface area contributed by atoms with Crippen LogP contribution in [0.4, 0.5) is 5.69 Å². The number of rotatable bonds is 3. The lowest BCUT2D eigenvalue weighted by atomic mass is 10.1. The number of anilines is 1. The van der Waals surface area contributed by atoms with Gasteiger partial charge in [0, 0.05) is 16.5 Å². The SMILES string of the molecule is C#Cc1ccc(C(C)=O)cc1NC(=O)c1ccc2ccccc2n1. The van der Waals surface area contributed by atoms with Gasteiger partial charge in [-0.3, -0.25) is 9.59 Å². The number of fused-ring (bicyclic) bond motifs is 1. The Hall–Kier alpha value is -3.45. The highest BCUT2D eigenvalue weighted by molar-refractivity contribution is 6.05. The molecular weight excluding hydrogens is 300 g/mol. The van der Waals surface area contributed by atoms with Crippen molar-refractivity contribution in [3.05, 3.63) is 71.4 Å². The minimum absolute atomic E-state index is 0.0992. The first-order chi connectivity index (χ1) is 11.6. The van der Waals surface area contributed by atoms with Crippen molar-refractivity contribution in [3.8, 4) is 12.3 Å². The monoisotopic (exact) mass is 314 g/mol. The summed E-state index contributed by atoms with van der Waals surface area (Å²) in [7, 11) is 0. The molecule has 1 heterocycles. The van der Waals surface area contributed by atoms with Gasteiger partial charge >= 0.3 is 0 Å². The van der Waals surface area contributed by atoms with E-state index in [2.05, 4.69) is 16.2 Å². The smallest absolute Gasteiger partial charge is 0.274 e. The second-order valence-corrected chi connectivity index (χ2v) is 5.30. The van der Waals surface area contributed by atoms with E-state index in [4.69, 9.17) is 6.42 Å². The maximum absolute atomic E-state index is 12.5. The summed E-state index contributed by atoms with van der Waals surface area (Å²) in [6.07, 6.45) is 5.46. The van der Waals surface area contributed by atoms with Gasteiger partial charge < -0.3 is 5.32 Å². The maximum atomic E-state index is 12.5. The molecule has 0 unspecified atom stereocenters. The summed E-state index contributed by atoms with van der Waals surface area (Å²) in [5, 5.41) is 3.70. The minimum Gasteiger partial charge on any atom is -0.319 e. The zero-order valence-electron chi connectivity index (χ0n) is 13.0. The van der Waals surface area contributed by atoms with Crippen LogP contribution >= 0.6 is 0 Å². The van der Waals surface area contributed by atoms with Gasteiger partial charge in [-0.2, -0.15) is 0 Å². The Morgan fingerprint density at radius 1 is 1.08 bits per heavy atom. The fraction of sp³-hybridized carbons (Fsp3) is 0.0500. The van der Waals surface area contributed by atoms with Crippen LogP contribution in [0, 0.1) is 12.3 Å². The molecule has 0 bridgehead atoms. The fourth-order valence-corrected chi connectivity index (χ4v) is 2.37. The Kier molecular flexibility index (Phi) is 4.09. The van der Waals surface area contributed by atoms with Crippen molar-refractivity contribution < 1.29 is 9.59 Å².